The van der Waals surface area contributed by atoms with Gasteiger partial charge in [0.05, 0.1) is 0 Å². The molecule has 3 rings (SSSR count). The molecule has 0 atom stereocenters. The van der Waals surface area contributed by atoms with Gasteiger partial charge >= 0.3 is 0 Å². The second-order valence-corrected chi connectivity index (χ2v) is 5.65. The molecular weight excluding hydrogens is 230 g/mol. The Morgan fingerprint density at radius 1 is 1.11 bits per heavy atom. The average Bonchev–Trinajstić information content (AvgIpc) is 2.47. The summed E-state index contributed by atoms with van der Waals surface area (Å²) < 4.78 is 0. The van der Waals surface area contributed by atoms with Crippen LogP contribution in [0.5, 0.6) is 0 Å². The minimum absolute atomic E-state index is 0. The van der Waals surface area contributed by atoms with E-state index in [-0.39, 0.29) is 1.43 Å². The third-order valence-electron chi connectivity index (χ3n) is 4.01. The number of hydrogen-bond acceptors (Lipinski definition) is 1. The molecule has 0 unspecified atom stereocenters. The SMILES string of the molecule is CC(C)c1cccc(-c2cccc3c2CNCC3)c1.[HH]. The Kier molecular flexibility index (Phi) is 3.39. The number of hydrogen-bond donors (Lipinski definition) is 1. The second kappa shape index (κ2) is 5.18. The highest BCUT2D eigenvalue weighted by molar-refractivity contribution is 5.69. The van der Waals surface area contributed by atoms with E-state index in [2.05, 4.69) is 61.6 Å². The van der Waals surface area contributed by atoms with Crippen LogP contribution in [0, 0.1) is 0 Å². The molecule has 0 saturated heterocycles. The van der Waals surface area contributed by atoms with E-state index in [0.29, 0.717) is 5.92 Å². The molecule has 0 fully saturated rings. The van der Waals surface area contributed by atoms with Crippen molar-refractivity contribution >= 4 is 0 Å². The minimum Gasteiger partial charge on any atom is -0.312 e. The van der Waals surface area contributed by atoms with Crippen molar-refractivity contribution in [2.75, 3.05) is 6.54 Å². The molecule has 0 spiro atoms. The van der Waals surface area contributed by atoms with E-state index >= 15 is 0 Å². The van der Waals surface area contributed by atoms with Gasteiger partial charge in [0.1, 0.15) is 0 Å². The molecule has 0 aromatic heterocycles. The van der Waals surface area contributed by atoms with Gasteiger partial charge in [-0.15, -0.1) is 0 Å². The van der Waals surface area contributed by atoms with E-state index < -0.39 is 0 Å². The Hall–Kier alpha value is -1.60. The highest BCUT2D eigenvalue weighted by Crippen LogP contribution is 2.30. The van der Waals surface area contributed by atoms with Crippen LogP contribution in [0.15, 0.2) is 42.5 Å². The van der Waals surface area contributed by atoms with Crippen LogP contribution >= 0.6 is 0 Å². The molecule has 19 heavy (non-hydrogen) atoms. The molecular formula is C18H23N. The van der Waals surface area contributed by atoms with Gasteiger partial charge in [0.25, 0.3) is 0 Å². The zero-order valence-corrected chi connectivity index (χ0v) is 11.7. The summed E-state index contributed by atoms with van der Waals surface area (Å²) in [7, 11) is 0. The lowest BCUT2D eigenvalue weighted by Crippen LogP contribution is -2.24. The lowest BCUT2D eigenvalue weighted by molar-refractivity contribution is 0.645. The number of benzene rings is 2. The van der Waals surface area contributed by atoms with Crippen molar-refractivity contribution in [2.45, 2.75) is 32.7 Å². The Morgan fingerprint density at radius 3 is 2.79 bits per heavy atom. The first kappa shape index (κ1) is 12.4. The summed E-state index contributed by atoms with van der Waals surface area (Å²) in [4.78, 5) is 0. The van der Waals surface area contributed by atoms with Gasteiger partial charge in [0.2, 0.25) is 0 Å². The second-order valence-electron chi connectivity index (χ2n) is 5.65. The first-order valence-corrected chi connectivity index (χ1v) is 7.17. The number of nitrogens with one attached hydrogen (secondary N) is 1. The van der Waals surface area contributed by atoms with Crippen molar-refractivity contribution in [2.24, 2.45) is 0 Å². The van der Waals surface area contributed by atoms with Crippen LogP contribution < -0.4 is 5.32 Å². The average molecular weight is 253 g/mol. The molecule has 1 heterocycles. The van der Waals surface area contributed by atoms with Crippen molar-refractivity contribution < 1.29 is 1.43 Å². The quantitative estimate of drug-likeness (QED) is 0.838. The molecule has 0 amide bonds. The summed E-state index contributed by atoms with van der Waals surface area (Å²) >= 11 is 0. The zero-order valence-electron chi connectivity index (χ0n) is 11.7. The van der Waals surface area contributed by atoms with Gasteiger partial charge in [0, 0.05) is 7.97 Å². The highest BCUT2D eigenvalue weighted by atomic mass is 14.9. The van der Waals surface area contributed by atoms with E-state index in [1.807, 2.05) is 0 Å². The number of fused-ring (bicyclic) bond motifs is 1. The molecule has 100 valence electrons. The molecule has 1 aliphatic rings. The fourth-order valence-corrected chi connectivity index (χ4v) is 2.85. The van der Waals surface area contributed by atoms with Crippen molar-refractivity contribution in [1.29, 1.82) is 0 Å². The summed E-state index contributed by atoms with van der Waals surface area (Å²) in [5.74, 6) is 0.581. The van der Waals surface area contributed by atoms with Gasteiger partial charge < -0.3 is 5.32 Å². The standard InChI is InChI=1S/C18H21N.H2/c1-13(2)15-6-3-7-16(11-15)17-8-4-5-14-9-10-19-12-18(14)17;/h3-8,11,13,19H,9-10,12H2,1-2H3;1H. The topological polar surface area (TPSA) is 12.0 Å². The molecule has 0 aliphatic carbocycles. The molecule has 0 radical (unpaired) electrons. The Bertz CT molecular complexity index is 590. The van der Waals surface area contributed by atoms with E-state index in [4.69, 9.17) is 0 Å². The van der Waals surface area contributed by atoms with E-state index in [1.165, 1.54) is 27.8 Å². The fourth-order valence-electron chi connectivity index (χ4n) is 2.85. The Labute approximate surface area is 117 Å². The smallest absolute Gasteiger partial charge is 0.0214 e. The summed E-state index contributed by atoms with van der Waals surface area (Å²) in [5.41, 5.74) is 7.15. The van der Waals surface area contributed by atoms with Crippen molar-refractivity contribution in [3.05, 3.63) is 59.2 Å². The van der Waals surface area contributed by atoms with Crippen molar-refractivity contribution in [3.8, 4) is 11.1 Å². The predicted octanol–water partition coefficient (Wildman–Crippen LogP) is 4.37. The van der Waals surface area contributed by atoms with Crippen LogP contribution in [0.3, 0.4) is 0 Å². The van der Waals surface area contributed by atoms with Crippen LogP contribution in [0.4, 0.5) is 0 Å². The molecule has 2 aromatic carbocycles. The Balaban J connectivity index is 0.00000147. The molecule has 1 aliphatic heterocycles. The van der Waals surface area contributed by atoms with Crippen LogP contribution in [-0.4, -0.2) is 6.54 Å². The van der Waals surface area contributed by atoms with Crippen molar-refractivity contribution in [3.63, 3.8) is 0 Å². The zero-order chi connectivity index (χ0) is 13.2. The summed E-state index contributed by atoms with van der Waals surface area (Å²) in [5, 5.41) is 3.49. The molecule has 0 saturated carbocycles. The maximum absolute atomic E-state index is 3.49. The first-order chi connectivity index (χ1) is 9.25. The fraction of sp³-hybridized carbons (Fsp3) is 0.333. The van der Waals surface area contributed by atoms with Gasteiger partial charge in [0.15, 0.2) is 0 Å². The molecule has 2 aromatic rings. The molecule has 1 heteroatoms. The third-order valence-corrected chi connectivity index (χ3v) is 4.01. The van der Waals surface area contributed by atoms with Gasteiger partial charge in [-0.2, -0.15) is 0 Å². The van der Waals surface area contributed by atoms with Crippen LogP contribution in [-0.2, 0) is 13.0 Å². The van der Waals surface area contributed by atoms with Crippen molar-refractivity contribution in [1.82, 2.24) is 5.32 Å². The van der Waals surface area contributed by atoms with Gasteiger partial charge in [-0.05, 0) is 46.7 Å². The molecule has 0 bridgehead atoms. The maximum atomic E-state index is 3.49. The summed E-state index contributed by atoms with van der Waals surface area (Å²) in [6.45, 7) is 6.60. The van der Waals surface area contributed by atoms with Gasteiger partial charge in [-0.3, -0.25) is 0 Å². The van der Waals surface area contributed by atoms with Crippen LogP contribution in [0.25, 0.3) is 11.1 Å². The minimum atomic E-state index is 0. The third kappa shape index (κ3) is 2.43. The first-order valence-electron chi connectivity index (χ1n) is 7.17. The maximum Gasteiger partial charge on any atom is 0.0214 e. The van der Waals surface area contributed by atoms with E-state index in [9.17, 15) is 0 Å². The normalized spacial score (nSPS) is 14.5. The highest BCUT2D eigenvalue weighted by Gasteiger charge is 2.13. The molecule has 1 N–H and O–H groups in total. The summed E-state index contributed by atoms with van der Waals surface area (Å²) in [6, 6.07) is 15.7. The lowest BCUT2D eigenvalue weighted by Gasteiger charge is -2.21. The Morgan fingerprint density at radius 2 is 1.95 bits per heavy atom. The van der Waals surface area contributed by atoms with Crippen LogP contribution in [0.2, 0.25) is 0 Å². The van der Waals surface area contributed by atoms with E-state index in [0.717, 1.165) is 19.5 Å². The monoisotopic (exact) mass is 253 g/mol. The predicted molar refractivity (Wildman–Crippen MR) is 83.5 cm³/mol. The van der Waals surface area contributed by atoms with E-state index in [1.54, 1.807) is 0 Å². The lowest BCUT2D eigenvalue weighted by atomic mass is 9.90. The van der Waals surface area contributed by atoms with Crippen LogP contribution in [0.1, 0.15) is 37.9 Å². The largest absolute Gasteiger partial charge is 0.312 e. The molecule has 1 nitrogen and oxygen atoms in total. The van der Waals surface area contributed by atoms with Gasteiger partial charge in [-0.25, -0.2) is 0 Å². The number of rotatable bonds is 2. The van der Waals surface area contributed by atoms with Gasteiger partial charge in [-0.1, -0.05) is 56.3 Å². The summed E-state index contributed by atoms with van der Waals surface area (Å²) in [6.07, 6.45) is 1.15.